The fourth-order valence-corrected chi connectivity index (χ4v) is 3.91. The molecule has 4 rings (SSSR count). The van der Waals surface area contributed by atoms with E-state index in [0.717, 1.165) is 13.1 Å². The Morgan fingerprint density at radius 1 is 0.889 bits per heavy atom. The molecule has 1 amide bonds. The van der Waals surface area contributed by atoms with Crippen LogP contribution in [0.3, 0.4) is 0 Å². The highest BCUT2D eigenvalue weighted by molar-refractivity contribution is 5.79. The van der Waals surface area contributed by atoms with Gasteiger partial charge in [-0.15, -0.1) is 0 Å². The molecule has 1 N–H and O–H groups in total. The van der Waals surface area contributed by atoms with Gasteiger partial charge in [-0.1, -0.05) is 60.7 Å². The van der Waals surface area contributed by atoms with Crippen LogP contribution in [0.2, 0.25) is 0 Å². The van der Waals surface area contributed by atoms with Crippen molar-refractivity contribution < 1.29 is 4.79 Å². The van der Waals surface area contributed by atoms with Crippen molar-refractivity contribution in [3.05, 3.63) is 83.4 Å². The van der Waals surface area contributed by atoms with Crippen molar-refractivity contribution in [3.8, 4) is 22.3 Å². The zero-order valence-electron chi connectivity index (χ0n) is 15.8. The number of carbonyl (C=O) groups is 1. The minimum Gasteiger partial charge on any atom is -0.358 e. The van der Waals surface area contributed by atoms with E-state index in [0.29, 0.717) is 6.54 Å². The average molecular weight is 356 g/mol. The number of likely N-dealkylation sites (N-methyl/N-ethyl adjacent to an activating group) is 1. The van der Waals surface area contributed by atoms with E-state index in [1.165, 1.54) is 38.9 Å². The van der Waals surface area contributed by atoms with E-state index < -0.39 is 0 Å². The molecule has 0 aromatic heterocycles. The van der Waals surface area contributed by atoms with Crippen LogP contribution in [0, 0.1) is 6.92 Å². The maximum atomic E-state index is 11.7. The average Bonchev–Trinajstić information content (AvgIpc) is 3.10. The van der Waals surface area contributed by atoms with Gasteiger partial charge in [0.05, 0.1) is 6.54 Å². The fraction of sp³-hybridized carbons (Fsp3) is 0.208. The Hall–Kier alpha value is -2.91. The fourth-order valence-electron chi connectivity index (χ4n) is 3.91. The Morgan fingerprint density at radius 3 is 2.33 bits per heavy atom. The molecule has 0 fully saturated rings. The quantitative estimate of drug-likeness (QED) is 0.752. The lowest BCUT2D eigenvalue weighted by Crippen LogP contribution is -2.32. The molecule has 1 heterocycles. The van der Waals surface area contributed by atoms with Crippen molar-refractivity contribution in [3.63, 3.8) is 0 Å². The van der Waals surface area contributed by atoms with Gasteiger partial charge in [-0.3, -0.25) is 9.69 Å². The number of hydrogen-bond acceptors (Lipinski definition) is 2. The van der Waals surface area contributed by atoms with Gasteiger partial charge in [-0.25, -0.2) is 0 Å². The number of amides is 1. The van der Waals surface area contributed by atoms with Crippen LogP contribution in [0.1, 0.15) is 16.7 Å². The van der Waals surface area contributed by atoms with Gasteiger partial charge >= 0.3 is 0 Å². The third-order valence-corrected chi connectivity index (χ3v) is 5.37. The first kappa shape index (κ1) is 17.5. The number of fused-ring (bicyclic) bond motifs is 1. The summed E-state index contributed by atoms with van der Waals surface area (Å²) in [5.74, 6) is 0.0643. The largest absolute Gasteiger partial charge is 0.358 e. The number of benzene rings is 3. The summed E-state index contributed by atoms with van der Waals surface area (Å²) in [6.45, 7) is 4.31. The summed E-state index contributed by atoms with van der Waals surface area (Å²) in [6, 6.07) is 23.8. The minimum atomic E-state index is 0.0643. The van der Waals surface area contributed by atoms with E-state index in [1.54, 1.807) is 7.05 Å². The van der Waals surface area contributed by atoms with Crippen LogP contribution in [-0.4, -0.2) is 24.4 Å². The summed E-state index contributed by atoms with van der Waals surface area (Å²) >= 11 is 0. The monoisotopic (exact) mass is 356 g/mol. The van der Waals surface area contributed by atoms with Crippen LogP contribution in [0.4, 0.5) is 0 Å². The summed E-state index contributed by atoms with van der Waals surface area (Å²) in [7, 11) is 1.69. The third kappa shape index (κ3) is 3.51. The molecule has 0 radical (unpaired) electrons. The molecule has 1 aliphatic heterocycles. The summed E-state index contributed by atoms with van der Waals surface area (Å²) in [5.41, 5.74) is 8.96. The standard InChI is InChI=1S/C24H24N2O/c1-17-22(18-7-4-3-5-8-18)9-6-10-23(17)19-11-12-20-14-26(15-21(20)13-19)16-24(27)25-2/h3-13H,14-16H2,1-2H3,(H,25,27). The van der Waals surface area contributed by atoms with E-state index in [9.17, 15) is 4.79 Å². The van der Waals surface area contributed by atoms with Gasteiger partial charge < -0.3 is 5.32 Å². The number of carbonyl (C=O) groups excluding carboxylic acids is 1. The molecule has 27 heavy (non-hydrogen) atoms. The van der Waals surface area contributed by atoms with E-state index in [4.69, 9.17) is 0 Å². The Labute approximate surface area is 160 Å². The molecule has 3 aromatic rings. The molecular weight excluding hydrogens is 332 g/mol. The first-order chi connectivity index (χ1) is 13.2. The molecule has 0 aliphatic carbocycles. The molecule has 3 heteroatoms. The van der Waals surface area contributed by atoms with Crippen molar-refractivity contribution in [2.24, 2.45) is 0 Å². The van der Waals surface area contributed by atoms with Gasteiger partial charge in [-0.2, -0.15) is 0 Å². The molecule has 0 saturated carbocycles. The van der Waals surface area contributed by atoms with Crippen molar-refractivity contribution >= 4 is 5.91 Å². The Balaban J connectivity index is 1.65. The van der Waals surface area contributed by atoms with Crippen molar-refractivity contribution in [1.29, 1.82) is 0 Å². The second kappa shape index (κ2) is 7.37. The van der Waals surface area contributed by atoms with Gasteiger partial charge in [0.25, 0.3) is 0 Å². The highest BCUT2D eigenvalue weighted by Gasteiger charge is 2.21. The molecular formula is C24H24N2O. The van der Waals surface area contributed by atoms with Gasteiger partial charge in [0.1, 0.15) is 0 Å². The Morgan fingerprint density at radius 2 is 1.59 bits per heavy atom. The van der Waals surface area contributed by atoms with Crippen LogP contribution in [0.15, 0.2) is 66.7 Å². The van der Waals surface area contributed by atoms with Gasteiger partial charge in [0.15, 0.2) is 0 Å². The molecule has 0 bridgehead atoms. The van der Waals surface area contributed by atoms with Crippen molar-refractivity contribution in [1.82, 2.24) is 10.2 Å². The smallest absolute Gasteiger partial charge is 0.233 e. The van der Waals surface area contributed by atoms with Crippen LogP contribution in [0.5, 0.6) is 0 Å². The van der Waals surface area contributed by atoms with Gasteiger partial charge in [0, 0.05) is 20.1 Å². The highest BCUT2D eigenvalue weighted by Crippen LogP contribution is 2.34. The summed E-state index contributed by atoms with van der Waals surface area (Å²) in [6.07, 6.45) is 0. The molecule has 136 valence electrons. The number of rotatable bonds is 4. The second-order valence-electron chi connectivity index (χ2n) is 7.15. The molecule has 3 nitrogen and oxygen atoms in total. The number of nitrogens with one attached hydrogen (secondary N) is 1. The predicted molar refractivity (Wildman–Crippen MR) is 110 cm³/mol. The lowest BCUT2D eigenvalue weighted by Gasteiger charge is -2.13. The number of nitrogens with zero attached hydrogens (tertiary/aromatic N) is 1. The van der Waals surface area contributed by atoms with Crippen molar-refractivity contribution in [2.75, 3.05) is 13.6 Å². The van der Waals surface area contributed by atoms with E-state index in [-0.39, 0.29) is 5.91 Å². The van der Waals surface area contributed by atoms with E-state index >= 15 is 0 Å². The molecule has 0 atom stereocenters. The molecule has 0 spiro atoms. The predicted octanol–water partition coefficient (Wildman–Crippen LogP) is 4.39. The molecule has 0 unspecified atom stereocenters. The first-order valence-electron chi connectivity index (χ1n) is 9.36. The minimum absolute atomic E-state index is 0.0643. The Kier molecular flexibility index (Phi) is 4.78. The van der Waals surface area contributed by atoms with Crippen molar-refractivity contribution in [2.45, 2.75) is 20.0 Å². The SMILES string of the molecule is CNC(=O)CN1Cc2ccc(-c3cccc(-c4ccccc4)c3C)cc2C1. The maximum Gasteiger partial charge on any atom is 0.233 e. The third-order valence-electron chi connectivity index (χ3n) is 5.37. The lowest BCUT2D eigenvalue weighted by atomic mass is 9.91. The normalized spacial score (nSPS) is 13.4. The zero-order valence-corrected chi connectivity index (χ0v) is 15.8. The summed E-state index contributed by atoms with van der Waals surface area (Å²) in [5, 5.41) is 2.70. The van der Waals surface area contributed by atoms with Gasteiger partial charge in [0.2, 0.25) is 5.91 Å². The van der Waals surface area contributed by atoms with Crippen LogP contribution in [-0.2, 0) is 17.9 Å². The van der Waals surface area contributed by atoms with Crippen LogP contribution >= 0.6 is 0 Å². The number of hydrogen-bond donors (Lipinski definition) is 1. The topological polar surface area (TPSA) is 32.3 Å². The summed E-state index contributed by atoms with van der Waals surface area (Å²) < 4.78 is 0. The highest BCUT2D eigenvalue weighted by atomic mass is 16.1. The second-order valence-corrected chi connectivity index (χ2v) is 7.15. The zero-order chi connectivity index (χ0) is 18.8. The molecule has 0 saturated heterocycles. The molecule has 3 aromatic carbocycles. The maximum absolute atomic E-state index is 11.7. The molecule has 1 aliphatic rings. The van der Waals surface area contributed by atoms with Crippen LogP contribution in [0.25, 0.3) is 22.3 Å². The van der Waals surface area contributed by atoms with E-state index in [2.05, 4.69) is 77.8 Å². The van der Waals surface area contributed by atoms with Crippen LogP contribution < -0.4 is 5.32 Å². The Bertz CT molecular complexity index is 979. The van der Waals surface area contributed by atoms with Gasteiger partial charge in [-0.05, 0) is 51.9 Å². The first-order valence-corrected chi connectivity index (χ1v) is 9.36. The van der Waals surface area contributed by atoms with E-state index in [1.807, 2.05) is 6.07 Å². The lowest BCUT2D eigenvalue weighted by molar-refractivity contribution is -0.121. The summed E-state index contributed by atoms with van der Waals surface area (Å²) in [4.78, 5) is 13.9.